The van der Waals surface area contributed by atoms with E-state index in [1.807, 2.05) is 25.1 Å². The zero-order chi connectivity index (χ0) is 23.4. The summed E-state index contributed by atoms with van der Waals surface area (Å²) in [5.74, 6) is -1.23. The Morgan fingerprint density at radius 3 is 2.48 bits per heavy atom. The first kappa shape index (κ1) is 22.0. The molecule has 0 fully saturated rings. The van der Waals surface area contributed by atoms with Crippen molar-refractivity contribution < 1.29 is 18.7 Å². The number of nitrogens with one attached hydrogen (secondary N) is 1. The minimum atomic E-state index is -0.572. The first-order valence-electron chi connectivity index (χ1n) is 10.5. The highest BCUT2D eigenvalue weighted by Crippen LogP contribution is 2.27. The Morgan fingerprint density at radius 2 is 1.76 bits per heavy atom. The molecule has 0 aliphatic rings. The predicted octanol–water partition coefficient (Wildman–Crippen LogP) is 5.42. The molecule has 4 aromatic rings. The smallest absolute Gasteiger partial charge is 0.358 e. The van der Waals surface area contributed by atoms with Crippen molar-refractivity contribution in [2.75, 3.05) is 11.9 Å². The monoisotopic (exact) mass is 443 g/mol. The molecule has 4 rings (SSSR count). The van der Waals surface area contributed by atoms with Gasteiger partial charge in [0.05, 0.1) is 18.0 Å². The number of nitrogens with zero attached hydrogens (tertiary/aromatic N) is 2. The summed E-state index contributed by atoms with van der Waals surface area (Å²) < 4.78 is 20.4. The lowest BCUT2D eigenvalue weighted by Crippen LogP contribution is -2.11. The maximum atomic E-state index is 13.9. The van der Waals surface area contributed by atoms with Crippen LogP contribution in [-0.2, 0) is 4.74 Å². The van der Waals surface area contributed by atoms with Crippen LogP contribution in [0.1, 0.15) is 33.3 Å². The lowest BCUT2D eigenvalue weighted by atomic mass is 10.1. The number of rotatable bonds is 6. The average Bonchev–Trinajstić information content (AvgIpc) is 3.26. The summed E-state index contributed by atoms with van der Waals surface area (Å²) in [6.45, 7) is 3.88. The highest BCUT2D eigenvalue weighted by molar-refractivity contribution is 6.04. The van der Waals surface area contributed by atoms with E-state index in [1.54, 1.807) is 55.5 Å². The second-order valence-corrected chi connectivity index (χ2v) is 7.43. The molecule has 3 aromatic carbocycles. The number of amides is 1. The van der Waals surface area contributed by atoms with Crippen molar-refractivity contribution in [2.24, 2.45) is 0 Å². The van der Waals surface area contributed by atoms with Crippen LogP contribution in [0.5, 0.6) is 0 Å². The van der Waals surface area contributed by atoms with Gasteiger partial charge in [-0.15, -0.1) is 0 Å². The van der Waals surface area contributed by atoms with E-state index in [0.29, 0.717) is 28.2 Å². The lowest BCUT2D eigenvalue weighted by Gasteiger charge is -2.10. The predicted molar refractivity (Wildman–Crippen MR) is 124 cm³/mol. The average molecular weight is 443 g/mol. The summed E-state index contributed by atoms with van der Waals surface area (Å²) in [6.07, 6.45) is 0. The fraction of sp³-hybridized carbons (Fsp3) is 0.115. The molecule has 0 unspecified atom stereocenters. The molecular weight excluding hydrogens is 421 g/mol. The summed E-state index contributed by atoms with van der Waals surface area (Å²) in [4.78, 5) is 24.9. The van der Waals surface area contributed by atoms with E-state index >= 15 is 0 Å². The number of carbonyl (C=O) groups excluding carboxylic acids is 2. The largest absolute Gasteiger partial charge is 0.461 e. The van der Waals surface area contributed by atoms with Gasteiger partial charge in [0.25, 0.3) is 5.91 Å². The third kappa shape index (κ3) is 4.98. The van der Waals surface area contributed by atoms with E-state index in [4.69, 9.17) is 4.74 Å². The summed E-state index contributed by atoms with van der Waals surface area (Å²) >= 11 is 0. The maximum Gasteiger partial charge on any atom is 0.358 e. The Bertz CT molecular complexity index is 1310. The second kappa shape index (κ2) is 9.48. The molecule has 0 aliphatic carbocycles. The van der Waals surface area contributed by atoms with Gasteiger partial charge >= 0.3 is 5.97 Å². The standard InChI is InChI=1S/C26H22FN3O3/c1-3-33-26(32)23-16-24(30(29-23)22-9-5-7-20(27)15-22)19-6-4-8-21(14-19)28-25(31)18-12-10-17(2)11-13-18/h4-16H,3H2,1-2H3,(H,28,31). The summed E-state index contributed by atoms with van der Waals surface area (Å²) in [7, 11) is 0. The van der Waals surface area contributed by atoms with Gasteiger partial charge in [-0.3, -0.25) is 4.79 Å². The van der Waals surface area contributed by atoms with Crippen LogP contribution in [0.15, 0.2) is 78.9 Å². The normalized spacial score (nSPS) is 10.6. The van der Waals surface area contributed by atoms with Crippen molar-refractivity contribution in [1.29, 1.82) is 0 Å². The summed E-state index contributed by atoms with van der Waals surface area (Å²) in [5.41, 5.74) is 3.97. The van der Waals surface area contributed by atoms with Crippen molar-refractivity contribution in [3.63, 3.8) is 0 Å². The Kier molecular flexibility index (Phi) is 6.31. The van der Waals surface area contributed by atoms with Gasteiger partial charge in [0.1, 0.15) is 5.82 Å². The molecule has 0 saturated heterocycles. The molecule has 1 N–H and O–H groups in total. The van der Waals surface area contributed by atoms with Gasteiger partial charge in [-0.1, -0.05) is 35.9 Å². The van der Waals surface area contributed by atoms with Gasteiger partial charge in [0.15, 0.2) is 5.69 Å². The summed E-state index contributed by atoms with van der Waals surface area (Å²) in [6, 6.07) is 21.9. The number of esters is 1. The third-order valence-corrected chi connectivity index (χ3v) is 4.98. The first-order chi connectivity index (χ1) is 15.9. The van der Waals surface area contributed by atoms with Gasteiger partial charge in [-0.05, 0) is 62.4 Å². The fourth-order valence-electron chi connectivity index (χ4n) is 3.36. The molecule has 0 bridgehead atoms. The van der Waals surface area contributed by atoms with Crippen LogP contribution >= 0.6 is 0 Å². The highest BCUT2D eigenvalue weighted by atomic mass is 19.1. The van der Waals surface area contributed by atoms with Crippen molar-refractivity contribution in [1.82, 2.24) is 9.78 Å². The molecule has 0 saturated carbocycles. The number of carbonyl (C=O) groups is 2. The van der Waals surface area contributed by atoms with Crippen LogP contribution in [-0.4, -0.2) is 28.3 Å². The van der Waals surface area contributed by atoms with E-state index < -0.39 is 11.8 Å². The number of ether oxygens (including phenoxy) is 1. The molecule has 33 heavy (non-hydrogen) atoms. The number of aromatic nitrogens is 2. The van der Waals surface area contributed by atoms with E-state index in [-0.39, 0.29) is 18.2 Å². The number of benzene rings is 3. The molecule has 1 amide bonds. The first-order valence-corrected chi connectivity index (χ1v) is 10.5. The van der Waals surface area contributed by atoms with E-state index in [9.17, 15) is 14.0 Å². The Balaban J connectivity index is 1.71. The quantitative estimate of drug-likeness (QED) is 0.404. The van der Waals surface area contributed by atoms with Crippen LogP contribution in [0.2, 0.25) is 0 Å². The molecular formula is C26H22FN3O3. The fourth-order valence-corrected chi connectivity index (χ4v) is 3.36. The molecule has 0 atom stereocenters. The molecule has 166 valence electrons. The topological polar surface area (TPSA) is 73.2 Å². The zero-order valence-electron chi connectivity index (χ0n) is 18.2. The van der Waals surface area contributed by atoms with Gasteiger partial charge in [0, 0.05) is 16.8 Å². The van der Waals surface area contributed by atoms with Gasteiger partial charge in [-0.2, -0.15) is 5.10 Å². The molecule has 0 radical (unpaired) electrons. The van der Waals surface area contributed by atoms with E-state index in [0.717, 1.165) is 5.56 Å². The van der Waals surface area contributed by atoms with Crippen molar-refractivity contribution in [3.8, 4) is 16.9 Å². The number of aryl methyl sites for hydroxylation is 1. The van der Waals surface area contributed by atoms with E-state index in [2.05, 4.69) is 10.4 Å². The van der Waals surface area contributed by atoms with Crippen molar-refractivity contribution in [2.45, 2.75) is 13.8 Å². The third-order valence-electron chi connectivity index (χ3n) is 4.98. The number of halogens is 1. The van der Waals surface area contributed by atoms with Crippen LogP contribution in [0.25, 0.3) is 16.9 Å². The molecule has 0 spiro atoms. The molecule has 0 aliphatic heterocycles. The van der Waals surface area contributed by atoms with E-state index in [1.165, 1.54) is 16.8 Å². The van der Waals surface area contributed by atoms with Gasteiger partial charge < -0.3 is 10.1 Å². The molecule has 6 nitrogen and oxygen atoms in total. The molecule has 1 heterocycles. The number of hydrogen-bond donors (Lipinski definition) is 1. The molecule has 7 heteroatoms. The van der Waals surface area contributed by atoms with Gasteiger partial charge in [-0.25, -0.2) is 13.9 Å². The highest BCUT2D eigenvalue weighted by Gasteiger charge is 2.18. The number of anilines is 1. The van der Waals surface area contributed by atoms with Crippen LogP contribution in [0.3, 0.4) is 0 Å². The van der Waals surface area contributed by atoms with Crippen LogP contribution < -0.4 is 5.32 Å². The Labute approximate surface area is 190 Å². The second-order valence-electron chi connectivity index (χ2n) is 7.43. The van der Waals surface area contributed by atoms with Crippen LogP contribution in [0.4, 0.5) is 10.1 Å². The van der Waals surface area contributed by atoms with Crippen LogP contribution in [0, 0.1) is 12.7 Å². The number of hydrogen-bond acceptors (Lipinski definition) is 4. The summed E-state index contributed by atoms with van der Waals surface area (Å²) in [5, 5.41) is 7.24. The van der Waals surface area contributed by atoms with Crippen molar-refractivity contribution in [3.05, 3.63) is 102 Å². The lowest BCUT2D eigenvalue weighted by molar-refractivity contribution is 0.0519. The minimum Gasteiger partial charge on any atom is -0.461 e. The van der Waals surface area contributed by atoms with Crippen molar-refractivity contribution >= 4 is 17.6 Å². The SMILES string of the molecule is CCOC(=O)c1cc(-c2cccc(NC(=O)c3ccc(C)cc3)c2)n(-c2cccc(F)c2)n1. The Morgan fingerprint density at radius 1 is 1.00 bits per heavy atom. The minimum absolute atomic E-state index is 0.102. The van der Waals surface area contributed by atoms with Gasteiger partial charge in [0.2, 0.25) is 0 Å². The zero-order valence-corrected chi connectivity index (χ0v) is 18.2. The molecule has 1 aromatic heterocycles. The Hall–Kier alpha value is -4.26. The maximum absolute atomic E-state index is 13.9.